The fourth-order valence-electron chi connectivity index (χ4n) is 10.3. The zero-order valence-corrected chi connectivity index (χ0v) is 21.2. The molecule has 2 N–H and O–H groups in total. The Morgan fingerprint density at radius 3 is 2.22 bits per heavy atom. The normalized spacial score (nSPS) is 55.1. The summed E-state index contributed by atoms with van der Waals surface area (Å²) in [5.41, 5.74) is 2.11. The van der Waals surface area contributed by atoms with Crippen LogP contribution in [0.1, 0.15) is 98.5 Å². The molecular weight excluding hydrogens is 394 g/mol. The van der Waals surface area contributed by atoms with Crippen molar-refractivity contribution in [3.8, 4) is 0 Å². The zero-order chi connectivity index (χ0) is 23.2. The number of aliphatic hydroxyl groups excluding tert-OH is 2. The lowest BCUT2D eigenvalue weighted by Crippen LogP contribution is -2.70. The molecule has 1 heterocycles. The van der Waals surface area contributed by atoms with Crippen LogP contribution in [-0.2, 0) is 6.42 Å². The van der Waals surface area contributed by atoms with E-state index < -0.39 is 0 Å². The molecule has 3 nitrogen and oxygen atoms in total. The summed E-state index contributed by atoms with van der Waals surface area (Å²) < 4.78 is 0. The van der Waals surface area contributed by atoms with Crippen LogP contribution in [-0.4, -0.2) is 27.4 Å². The van der Waals surface area contributed by atoms with E-state index in [9.17, 15) is 10.2 Å². The van der Waals surface area contributed by atoms with E-state index in [1.807, 2.05) is 18.5 Å². The molecule has 0 aromatic carbocycles. The van der Waals surface area contributed by atoms with Crippen molar-refractivity contribution < 1.29 is 10.2 Å². The number of hydrogen-bond acceptors (Lipinski definition) is 3. The molecule has 4 aliphatic carbocycles. The summed E-state index contributed by atoms with van der Waals surface area (Å²) in [6, 6.07) is 4.18. The highest BCUT2D eigenvalue weighted by Crippen LogP contribution is 2.83. The van der Waals surface area contributed by atoms with E-state index in [1.165, 1.54) is 24.8 Å². The first-order chi connectivity index (χ1) is 14.9. The van der Waals surface area contributed by atoms with Gasteiger partial charge in [-0.25, -0.2) is 0 Å². The molecule has 3 heteroatoms. The smallest absolute Gasteiger partial charge is 0.0630 e. The maximum absolute atomic E-state index is 11.8. The summed E-state index contributed by atoms with van der Waals surface area (Å²) >= 11 is 0. The van der Waals surface area contributed by atoms with Crippen LogP contribution >= 0.6 is 0 Å². The van der Waals surface area contributed by atoms with Crippen molar-refractivity contribution in [2.24, 2.45) is 38.4 Å². The van der Waals surface area contributed by atoms with Crippen LogP contribution in [0.25, 0.3) is 0 Å². The number of hydrogen-bond donors (Lipinski definition) is 2. The van der Waals surface area contributed by atoms with Gasteiger partial charge in [0.05, 0.1) is 12.2 Å². The number of nitrogens with zero attached hydrogens (tertiary/aromatic N) is 1. The van der Waals surface area contributed by atoms with Gasteiger partial charge < -0.3 is 10.2 Å². The quantitative estimate of drug-likeness (QED) is 0.579. The molecule has 4 fully saturated rings. The van der Waals surface area contributed by atoms with Crippen LogP contribution in [0.5, 0.6) is 0 Å². The Kier molecular flexibility index (Phi) is 4.86. The van der Waals surface area contributed by atoms with Crippen LogP contribution in [0.2, 0.25) is 0 Å². The third-order valence-electron chi connectivity index (χ3n) is 13.2. The van der Waals surface area contributed by atoms with Crippen LogP contribution in [0.3, 0.4) is 0 Å². The Bertz CT molecular complexity index is 888. The average Bonchev–Trinajstić information content (AvgIpc) is 2.95. The summed E-state index contributed by atoms with van der Waals surface area (Å²) in [5, 5.41) is 22.4. The Hall–Kier alpha value is -0.930. The van der Waals surface area contributed by atoms with E-state index >= 15 is 0 Å². The molecule has 32 heavy (non-hydrogen) atoms. The predicted molar refractivity (Wildman–Crippen MR) is 129 cm³/mol. The number of pyridine rings is 1. The van der Waals surface area contributed by atoms with Crippen molar-refractivity contribution in [1.82, 2.24) is 4.98 Å². The van der Waals surface area contributed by atoms with Crippen molar-refractivity contribution >= 4 is 0 Å². The van der Waals surface area contributed by atoms with Gasteiger partial charge in [-0.15, -0.1) is 0 Å². The molecule has 0 radical (unpaired) electrons. The number of fused-ring (bicyclic) bond motifs is 5. The number of rotatable bonds is 2. The summed E-state index contributed by atoms with van der Waals surface area (Å²) in [6.45, 7) is 15.2. The first-order valence-electron chi connectivity index (χ1n) is 13.1. The Balaban J connectivity index is 1.56. The van der Waals surface area contributed by atoms with E-state index in [2.05, 4.69) is 52.6 Å². The van der Waals surface area contributed by atoms with Crippen LogP contribution in [0, 0.1) is 38.4 Å². The lowest BCUT2D eigenvalue weighted by Gasteiger charge is -2.77. The van der Waals surface area contributed by atoms with Crippen molar-refractivity contribution in [3.63, 3.8) is 0 Å². The van der Waals surface area contributed by atoms with Gasteiger partial charge in [0, 0.05) is 12.4 Å². The molecule has 0 spiro atoms. The highest BCUT2D eigenvalue weighted by molar-refractivity contribution is 5.27. The first-order valence-corrected chi connectivity index (χ1v) is 13.1. The number of aliphatic hydroxyl groups is 2. The van der Waals surface area contributed by atoms with Gasteiger partial charge in [-0.1, -0.05) is 47.6 Å². The molecule has 0 unspecified atom stereocenters. The summed E-state index contributed by atoms with van der Waals surface area (Å²) in [4.78, 5) is 4.33. The van der Waals surface area contributed by atoms with Crippen molar-refractivity contribution in [1.29, 1.82) is 0 Å². The third-order valence-corrected chi connectivity index (χ3v) is 13.2. The molecule has 5 rings (SSSR count). The van der Waals surface area contributed by atoms with Gasteiger partial charge in [0.25, 0.3) is 0 Å². The molecule has 4 aliphatic rings. The monoisotopic (exact) mass is 439 g/mol. The molecule has 0 amide bonds. The van der Waals surface area contributed by atoms with Gasteiger partial charge in [-0.2, -0.15) is 0 Å². The average molecular weight is 440 g/mol. The topological polar surface area (TPSA) is 53.4 Å². The minimum absolute atomic E-state index is 0.0492. The molecule has 1 aromatic heterocycles. The van der Waals surface area contributed by atoms with Crippen molar-refractivity contribution in [3.05, 3.63) is 30.1 Å². The van der Waals surface area contributed by atoms with Gasteiger partial charge in [0.15, 0.2) is 0 Å². The van der Waals surface area contributed by atoms with Crippen LogP contribution in [0.15, 0.2) is 24.5 Å². The van der Waals surface area contributed by atoms with Crippen LogP contribution < -0.4 is 0 Å². The summed E-state index contributed by atoms with van der Waals surface area (Å²) in [7, 11) is 0. The highest BCUT2D eigenvalue weighted by atomic mass is 16.3. The summed E-state index contributed by atoms with van der Waals surface area (Å²) in [5.74, 6) is 0.294. The van der Waals surface area contributed by atoms with E-state index in [-0.39, 0.29) is 44.7 Å². The SMILES string of the molecule is C[C@@]12CC[C@]3(C)[C@](C)(CC[C@]4(C)[C@@H](O)[C@@H](Cc5cccnc5)C[C@@]34C)[C@@]1(C)CC[C@H](O)C2. The fourth-order valence-corrected chi connectivity index (χ4v) is 10.3. The molecule has 178 valence electrons. The first kappa shape index (κ1) is 22.8. The van der Waals surface area contributed by atoms with Crippen molar-refractivity contribution in [2.75, 3.05) is 0 Å². The third kappa shape index (κ3) is 2.48. The number of aromatic nitrogens is 1. The fraction of sp³-hybridized carbons (Fsp3) is 0.828. The van der Waals surface area contributed by atoms with E-state index in [1.54, 1.807) is 0 Å². The Labute approximate surface area is 195 Å². The van der Waals surface area contributed by atoms with Gasteiger partial charge >= 0.3 is 0 Å². The zero-order valence-electron chi connectivity index (χ0n) is 21.2. The van der Waals surface area contributed by atoms with E-state index in [4.69, 9.17) is 0 Å². The lowest BCUT2D eigenvalue weighted by atomic mass is 9.27. The standard InChI is InChI=1S/C29H45NO2/c1-24-11-13-28(5)27(4,26(24,3)10-9-22(31)18-24)14-12-25(2)23(32)21(17-29(25,28)6)16-20-8-7-15-30-19-20/h7-8,15,19,21-23,31-32H,9-14,16-18H2,1-6H3/t21-,22-,23-,24-,25+,26-,27+,28+,29+/m0/s1. The maximum Gasteiger partial charge on any atom is 0.0630 e. The second-order valence-corrected chi connectivity index (χ2v) is 13.7. The van der Waals surface area contributed by atoms with Gasteiger partial charge in [-0.05, 0) is 108 Å². The molecule has 9 atom stereocenters. The summed E-state index contributed by atoms with van der Waals surface area (Å²) in [6.07, 6.45) is 13.2. The molecule has 4 saturated carbocycles. The van der Waals surface area contributed by atoms with Gasteiger partial charge in [-0.3, -0.25) is 4.98 Å². The molecular formula is C29H45NO2. The second-order valence-electron chi connectivity index (χ2n) is 13.7. The predicted octanol–water partition coefficient (Wildman–Crippen LogP) is 6.18. The van der Waals surface area contributed by atoms with Crippen molar-refractivity contribution in [2.45, 2.75) is 112 Å². The second kappa shape index (κ2) is 6.81. The highest BCUT2D eigenvalue weighted by Gasteiger charge is 2.77. The molecule has 1 aromatic rings. The minimum Gasteiger partial charge on any atom is -0.393 e. The van der Waals surface area contributed by atoms with Crippen LogP contribution in [0.4, 0.5) is 0 Å². The maximum atomic E-state index is 11.8. The Morgan fingerprint density at radius 1 is 0.844 bits per heavy atom. The lowest BCUT2D eigenvalue weighted by molar-refractivity contribution is -0.292. The largest absolute Gasteiger partial charge is 0.393 e. The van der Waals surface area contributed by atoms with Gasteiger partial charge in [0.1, 0.15) is 0 Å². The minimum atomic E-state index is -0.261. The molecule has 0 saturated heterocycles. The van der Waals surface area contributed by atoms with E-state index in [0.29, 0.717) is 5.92 Å². The molecule has 0 aliphatic heterocycles. The van der Waals surface area contributed by atoms with Gasteiger partial charge in [0.2, 0.25) is 0 Å². The van der Waals surface area contributed by atoms with E-state index in [0.717, 1.165) is 38.5 Å². The Morgan fingerprint density at radius 2 is 1.53 bits per heavy atom. The molecule has 0 bridgehead atoms.